The molecule has 2 rings (SSSR count). The Labute approximate surface area is 135 Å². The van der Waals surface area contributed by atoms with Crippen molar-refractivity contribution in [2.24, 2.45) is 0 Å². The highest BCUT2D eigenvalue weighted by molar-refractivity contribution is 7.16. The molecule has 21 heavy (non-hydrogen) atoms. The molecule has 5 heteroatoms. The van der Waals surface area contributed by atoms with Gasteiger partial charge in [-0.15, -0.1) is 11.3 Å². The molecule has 0 aliphatic carbocycles. The van der Waals surface area contributed by atoms with Crippen LogP contribution in [0.1, 0.15) is 43.7 Å². The van der Waals surface area contributed by atoms with Crippen molar-refractivity contribution in [2.45, 2.75) is 39.3 Å². The van der Waals surface area contributed by atoms with Gasteiger partial charge in [0.1, 0.15) is 5.75 Å². The summed E-state index contributed by atoms with van der Waals surface area (Å²) in [6.45, 7) is 7.12. The van der Waals surface area contributed by atoms with Gasteiger partial charge < -0.3 is 10.1 Å². The van der Waals surface area contributed by atoms with Gasteiger partial charge in [0.15, 0.2) is 0 Å². The second-order valence-corrected chi connectivity index (χ2v) is 6.90. The van der Waals surface area contributed by atoms with Crippen LogP contribution in [0.15, 0.2) is 30.6 Å². The van der Waals surface area contributed by atoms with E-state index in [1.54, 1.807) is 17.5 Å². The van der Waals surface area contributed by atoms with Gasteiger partial charge in [-0.25, -0.2) is 0 Å². The first-order valence-corrected chi connectivity index (χ1v) is 8.39. The summed E-state index contributed by atoms with van der Waals surface area (Å²) in [5.41, 5.74) is 1.10. The molecule has 1 N–H and O–H groups in total. The van der Waals surface area contributed by atoms with Gasteiger partial charge in [0.05, 0.1) is 22.7 Å². The molecule has 0 fully saturated rings. The van der Waals surface area contributed by atoms with Crippen molar-refractivity contribution in [1.29, 1.82) is 0 Å². The SMILES string of the molecule is CCCNC(c1cncc(OC(C)C)c1)c1ccc(Cl)s1. The van der Waals surface area contributed by atoms with Crippen molar-refractivity contribution in [3.05, 3.63) is 45.4 Å². The van der Waals surface area contributed by atoms with Crippen molar-refractivity contribution >= 4 is 22.9 Å². The third kappa shape index (κ3) is 4.70. The van der Waals surface area contributed by atoms with E-state index in [0.717, 1.165) is 28.6 Å². The molecule has 0 radical (unpaired) electrons. The summed E-state index contributed by atoms with van der Waals surface area (Å²) in [5.74, 6) is 0.799. The Morgan fingerprint density at radius 2 is 2.14 bits per heavy atom. The van der Waals surface area contributed by atoms with Crippen molar-refractivity contribution in [1.82, 2.24) is 10.3 Å². The Morgan fingerprint density at radius 1 is 1.33 bits per heavy atom. The minimum atomic E-state index is 0.102. The van der Waals surface area contributed by atoms with Crippen LogP contribution in [-0.4, -0.2) is 17.6 Å². The van der Waals surface area contributed by atoms with Gasteiger partial charge in [0.2, 0.25) is 0 Å². The molecule has 0 saturated heterocycles. The lowest BCUT2D eigenvalue weighted by atomic mass is 10.1. The largest absolute Gasteiger partial charge is 0.489 e. The van der Waals surface area contributed by atoms with Gasteiger partial charge in [-0.2, -0.15) is 0 Å². The summed E-state index contributed by atoms with van der Waals surface area (Å²) in [6, 6.07) is 6.15. The average molecular weight is 325 g/mol. The van der Waals surface area contributed by atoms with Gasteiger partial charge in [0, 0.05) is 11.1 Å². The summed E-state index contributed by atoms with van der Waals surface area (Å²) < 4.78 is 6.54. The Morgan fingerprint density at radius 3 is 2.76 bits per heavy atom. The van der Waals surface area contributed by atoms with E-state index in [0.29, 0.717) is 0 Å². The number of aromatic nitrogens is 1. The predicted octanol–water partition coefficient (Wildman–Crippen LogP) is 4.67. The fraction of sp³-hybridized carbons (Fsp3) is 0.438. The Kier molecular flexibility index (Phi) is 6.03. The van der Waals surface area contributed by atoms with E-state index in [9.17, 15) is 0 Å². The van der Waals surface area contributed by atoms with Crippen LogP contribution in [0.25, 0.3) is 0 Å². The van der Waals surface area contributed by atoms with Crippen LogP contribution < -0.4 is 10.1 Å². The highest BCUT2D eigenvalue weighted by atomic mass is 35.5. The molecule has 1 unspecified atom stereocenters. The molecule has 2 aromatic rings. The van der Waals surface area contributed by atoms with Crippen LogP contribution in [-0.2, 0) is 0 Å². The predicted molar refractivity (Wildman–Crippen MR) is 89.5 cm³/mol. The molecule has 2 aromatic heterocycles. The van der Waals surface area contributed by atoms with Gasteiger partial charge in [-0.3, -0.25) is 4.98 Å². The van der Waals surface area contributed by atoms with E-state index in [1.807, 2.05) is 32.2 Å². The van der Waals surface area contributed by atoms with E-state index in [-0.39, 0.29) is 12.1 Å². The zero-order chi connectivity index (χ0) is 15.2. The number of hydrogen-bond acceptors (Lipinski definition) is 4. The Hall–Kier alpha value is -1.10. The molecular weight excluding hydrogens is 304 g/mol. The molecule has 0 aromatic carbocycles. The summed E-state index contributed by atoms with van der Waals surface area (Å²) in [5, 5.41) is 3.55. The van der Waals surface area contributed by atoms with Crippen LogP contribution in [0.3, 0.4) is 0 Å². The molecule has 0 saturated carbocycles. The molecule has 114 valence electrons. The minimum Gasteiger partial charge on any atom is -0.489 e. The van der Waals surface area contributed by atoms with Crippen LogP contribution in [0.4, 0.5) is 0 Å². The van der Waals surface area contributed by atoms with Crippen LogP contribution in [0.5, 0.6) is 5.75 Å². The molecule has 3 nitrogen and oxygen atoms in total. The lowest BCUT2D eigenvalue weighted by molar-refractivity contribution is 0.241. The average Bonchev–Trinajstić information content (AvgIpc) is 2.85. The maximum atomic E-state index is 6.08. The lowest BCUT2D eigenvalue weighted by Crippen LogP contribution is -2.22. The zero-order valence-electron chi connectivity index (χ0n) is 12.6. The van der Waals surface area contributed by atoms with E-state index in [1.165, 1.54) is 4.88 Å². The Bertz CT molecular complexity index is 571. The molecule has 0 amide bonds. The summed E-state index contributed by atoms with van der Waals surface area (Å²) in [6.07, 6.45) is 4.85. The van der Waals surface area contributed by atoms with Crippen LogP contribution in [0.2, 0.25) is 4.34 Å². The second-order valence-electron chi connectivity index (χ2n) is 5.15. The molecule has 1 atom stereocenters. The number of hydrogen-bond donors (Lipinski definition) is 1. The number of nitrogens with zero attached hydrogens (tertiary/aromatic N) is 1. The van der Waals surface area contributed by atoms with Crippen molar-refractivity contribution in [3.63, 3.8) is 0 Å². The molecule has 2 heterocycles. The number of nitrogens with one attached hydrogen (secondary N) is 1. The van der Waals surface area contributed by atoms with Crippen molar-refractivity contribution in [3.8, 4) is 5.75 Å². The molecule has 0 bridgehead atoms. The standard InChI is InChI=1S/C16H21ClN2OS/c1-4-7-19-16(14-5-6-15(17)21-14)12-8-13(10-18-9-12)20-11(2)3/h5-6,8-11,16,19H,4,7H2,1-3H3. The van der Waals surface area contributed by atoms with Gasteiger partial charge in [-0.05, 0) is 50.6 Å². The van der Waals surface area contributed by atoms with Crippen LogP contribution in [0, 0.1) is 0 Å². The highest BCUT2D eigenvalue weighted by Crippen LogP contribution is 2.32. The number of ether oxygens (including phenoxy) is 1. The van der Waals surface area contributed by atoms with Crippen molar-refractivity contribution in [2.75, 3.05) is 6.54 Å². The topological polar surface area (TPSA) is 34.2 Å². The monoisotopic (exact) mass is 324 g/mol. The fourth-order valence-electron chi connectivity index (χ4n) is 2.08. The Balaban J connectivity index is 2.27. The van der Waals surface area contributed by atoms with E-state index in [4.69, 9.17) is 16.3 Å². The lowest BCUT2D eigenvalue weighted by Gasteiger charge is -2.18. The summed E-state index contributed by atoms with van der Waals surface area (Å²) >= 11 is 7.67. The first-order valence-electron chi connectivity index (χ1n) is 7.20. The first-order chi connectivity index (χ1) is 10.1. The number of pyridine rings is 1. The third-order valence-electron chi connectivity index (χ3n) is 2.92. The smallest absolute Gasteiger partial charge is 0.138 e. The van der Waals surface area contributed by atoms with E-state index >= 15 is 0 Å². The first kappa shape index (κ1) is 16.3. The minimum absolute atomic E-state index is 0.102. The van der Waals surface area contributed by atoms with Crippen molar-refractivity contribution < 1.29 is 4.74 Å². The van der Waals surface area contributed by atoms with E-state index in [2.05, 4.69) is 23.3 Å². The number of rotatable bonds is 7. The van der Waals surface area contributed by atoms with Gasteiger partial charge in [-0.1, -0.05) is 18.5 Å². The van der Waals surface area contributed by atoms with E-state index < -0.39 is 0 Å². The van der Waals surface area contributed by atoms with Gasteiger partial charge in [0.25, 0.3) is 0 Å². The number of thiophene rings is 1. The fourth-order valence-corrected chi connectivity index (χ4v) is 3.25. The highest BCUT2D eigenvalue weighted by Gasteiger charge is 2.16. The zero-order valence-corrected chi connectivity index (χ0v) is 14.2. The maximum Gasteiger partial charge on any atom is 0.138 e. The molecule has 0 spiro atoms. The molecule has 0 aliphatic heterocycles. The normalized spacial score (nSPS) is 12.6. The molecular formula is C16H21ClN2OS. The molecule has 0 aliphatic rings. The summed E-state index contributed by atoms with van der Waals surface area (Å²) in [7, 11) is 0. The van der Waals surface area contributed by atoms with Crippen LogP contribution >= 0.6 is 22.9 Å². The second kappa shape index (κ2) is 7.78. The quantitative estimate of drug-likeness (QED) is 0.803. The number of halogens is 1. The summed E-state index contributed by atoms with van der Waals surface area (Å²) in [4.78, 5) is 5.50. The third-order valence-corrected chi connectivity index (χ3v) is 4.21. The maximum absolute atomic E-state index is 6.08. The van der Waals surface area contributed by atoms with Gasteiger partial charge >= 0.3 is 0 Å².